The van der Waals surface area contributed by atoms with Gasteiger partial charge in [0.15, 0.2) is 0 Å². The molecule has 584 valence electrons. The molecule has 1 aliphatic heterocycles. The average molecular weight is 1470 g/mol. The number of hydrogen-bond acceptors (Lipinski definition) is 17. The highest BCUT2D eigenvalue weighted by molar-refractivity contribution is 6.02. The molecule has 1 heterocycles. The van der Waals surface area contributed by atoms with Crippen molar-refractivity contribution in [3.63, 3.8) is 0 Å². The molecule has 12 amide bonds. The van der Waals surface area contributed by atoms with Gasteiger partial charge in [0, 0.05) is 55.8 Å². The summed E-state index contributed by atoms with van der Waals surface area (Å²) in [4.78, 5) is 198. The minimum absolute atomic E-state index is 0.00651. The van der Waals surface area contributed by atoms with Crippen LogP contribution in [-0.2, 0) is 63.9 Å². The molecule has 1 aliphatic rings. The zero-order chi connectivity index (χ0) is 79.1. The Morgan fingerprint density at radius 3 is 1.55 bits per heavy atom. The van der Waals surface area contributed by atoms with Crippen LogP contribution in [0, 0.1) is 5.92 Å². The van der Waals surface area contributed by atoms with E-state index >= 15 is 19.2 Å². The number of azo groups is 1. The summed E-state index contributed by atoms with van der Waals surface area (Å²) in [5.74, 6) is -10.6. The third kappa shape index (κ3) is 25.5. The van der Waals surface area contributed by atoms with Gasteiger partial charge >= 0.3 is 18.0 Å². The van der Waals surface area contributed by atoms with E-state index in [-0.39, 0.29) is 69.9 Å². The van der Waals surface area contributed by atoms with Crippen molar-refractivity contribution in [2.75, 3.05) is 49.3 Å². The highest BCUT2D eigenvalue weighted by atomic mass is 16.5. The maximum atomic E-state index is 15.8. The number of nitrogens with zero attached hydrogens (tertiary/aromatic N) is 9. The molecule has 29 nitrogen and oxygen atoms in total. The number of urea groups is 1. The number of carboxylic acids is 1. The van der Waals surface area contributed by atoms with Crippen molar-refractivity contribution in [3.8, 4) is 5.75 Å². The van der Waals surface area contributed by atoms with Gasteiger partial charge in [-0.05, 0) is 114 Å². The molecular weight excluding hydrogens is 1350 g/mol. The summed E-state index contributed by atoms with van der Waals surface area (Å²) >= 11 is 0. The van der Waals surface area contributed by atoms with E-state index in [1.807, 2.05) is 27.7 Å². The monoisotopic (exact) mass is 1470 g/mol. The van der Waals surface area contributed by atoms with Crippen LogP contribution >= 0.6 is 0 Å². The first-order valence-electron chi connectivity index (χ1n) is 37.2. The molecule has 2 aromatic carbocycles. The number of nitrogens with one attached hydrogen (secondary N) is 4. The first-order chi connectivity index (χ1) is 49.7. The average Bonchev–Trinajstić information content (AvgIpc) is 0.800. The van der Waals surface area contributed by atoms with E-state index in [4.69, 9.17) is 4.74 Å². The number of aryl methyl sites for hydroxylation is 1. The SMILES string of the molecule is C/C=C/C(C)CC(OC(=O)CCc1ccccc1/N=N/c1ccc(O)c(C(=O)O)c1)C1C(=O)NC(CC)C(=O)N(C)C(=O)N(C)C(CCCC)C(=O)NC(CCC)C(=O)N(C)C(CCCC)C(=O)NC(C)C(=O)NC(C)C(=O)N(C)C(CCC)C(=O)N(C)C(CCCC)C(=O)N(C)C(CCC)C(=O)N1C. The van der Waals surface area contributed by atoms with Crippen LogP contribution < -0.4 is 21.3 Å². The Balaban J connectivity index is 2.40. The van der Waals surface area contributed by atoms with Gasteiger partial charge in [-0.2, -0.15) is 10.2 Å². The lowest BCUT2D eigenvalue weighted by atomic mass is 9.95. The number of rotatable bonds is 27. The molecule has 0 bridgehead atoms. The third-order valence-electron chi connectivity index (χ3n) is 19.3. The molecular formula is C76H119N13O16. The van der Waals surface area contributed by atoms with Gasteiger partial charge in [-0.3, -0.25) is 57.6 Å². The number of carboxylic acid groups (broad SMARTS) is 1. The van der Waals surface area contributed by atoms with E-state index in [2.05, 4.69) is 31.5 Å². The van der Waals surface area contributed by atoms with Crippen LogP contribution in [0.2, 0.25) is 0 Å². The van der Waals surface area contributed by atoms with Crippen molar-refractivity contribution >= 4 is 88.4 Å². The van der Waals surface area contributed by atoms with Gasteiger partial charge in [-0.25, -0.2) is 9.59 Å². The number of allylic oxidation sites excluding steroid dienone is 2. The summed E-state index contributed by atoms with van der Waals surface area (Å²) in [5.41, 5.74) is 0.533. The molecule has 3 rings (SSSR count). The minimum atomic E-state index is -1.77. The summed E-state index contributed by atoms with van der Waals surface area (Å²) in [6, 6.07) is -3.68. The lowest BCUT2D eigenvalue weighted by Crippen LogP contribution is -2.63. The van der Waals surface area contributed by atoms with Crippen molar-refractivity contribution in [1.82, 2.24) is 55.6 Å². The second kappa shape index (κ2) is 44.5. The Labute approximate surface area is 620 Å². The molecule has 1 saturated heterocycles. The van der Waals surface area contributed by atoms with Crippen LogP contribution in [0.25, 0.3) is 0 Å². The number of benzene rings is 2. The summed E-state index contributed by atoms with van der Waals surface area (Å²) in [7, 11) is 9.54. The molecule has 12 unspecified atom stereocenters. The fraction of sp³-hybridized carbons (Fsp3) is 0.645. The third-order valence-corrected chi connectivity index (χ3v) is 19.3. The predicted octanol–water partition coefficient (Wildman–Crippen LogP) is 8.34. The van der Waals surface area contributed by atoms with E-state index in [0.29, 0.717) is 69.0 Å². The molecule has 0 radical (unpaired) electrons. The molecule has 6 N–H and O–H groups in total. The van der Waals surface area contributed by atoms with Gasteiger partial charge in [-0.15, -0.1) is 0 Å². The van der Waals surface area contributed by atoms with Crippen LogP contribution in [0.15, 0.2) is 64.8 Å². The van der Waals surface area contributed by atoms with Crippen LogP contribution in [0.3, 0.4) is 0 Å². The van der Waals surface area contributed by atoms with Crippen LogP contribution in [0.5, 0.6) is 5.75 Å². The van der Waals surface area contributed by atoms with Gasteiger partial charge in [0.1, 0.15) is 77.8 Å². The number of hydrogen-bond donors (Lipinski definition) is 6. The number of aromatic hydroxyl groups is 1. The fourth-order valence-corrected chi connectivity index (χ4v) is 12.8. The first-order valence-corrected chi connectivity index (χ1v) is 37.2. The van der Waals surface area contributed by atoms with Crippen LogP contribution in [0.1, 0.15) is 208 Å². The van der Waals surface area contributed by atoms with Gasteiger partial charge < -0.3 is 65.6 Å². The molecule has 0 aliphatic carbocycles. The number of carbonyl (C=O) groups is 13. The maximum Gasteiger partial charge on any atom is 0.339 e. The van der Waals surface area contributed by atoms with E-state index in [1.54, 1.807) is 71.0 Å². The second-order valence-corrected chi connectivity index (χ2v) is 27.4. The van der Waals surface area contributed by atoms with Crippen molar-refractivity contribution in [1.29, 1.82) is 0 Å². The Kier molecular flexibility index (Phi) is 38.1. The van der Waals surface area contributed by atoms with E-state index in [9.17, 15) is 53.4 Å². The highest BCUT2D eigenvalue weighted by Crippen LogP contribution is 2.30. The summed E-state index contributed by atoms with van der Waals surface area (Å²) in [5, 5.41) is 39.2. The molecule has 0 spiro atoms. The van der Waals surface area contributed by atoms with Gasteiger partial charge in [0.2, 0.25) is 53.2 Å². The number of esters is 1. The topological polar surface area (TPSA) is 367 Å². The van der Waals surface area contributed by atoms with E-state index in [0.717, 1.165) is 20.8 Å². The first kappa shape index (κ1) is 89.9. The largest absolute Gasteiger partial charge is 0.507 e. The van der Waals surface area contributed by atoms with Gasteiger partial charge in [0.25, 0.3) is 5.91 Å². The number of likely N-dealkylation sites (N-methyl/N-ethyl adjacent to an activating group) is 7. The van der Waals surface area contributed by atoms with Crippen molar-refractivity contribution in [2.24, 2.45) is 16.1 Å². The van der Waals surface area contributed by atoms with Crippen LogP contribution in [0.4, 0.5) is 16.2 Å². The molecule has 0 saturated carbocycles. The number of imide groups is 1. The molecule has 105 heavy (non-hydrogen) atoms. The quantitative estimate of drug-likeness (QED) is 0.0278. The number of ether oxygens (including phenoxy) is 1. The van der Waals surface area contributed by atoms with E-state index in [1.165, 1.54) is 94.9 Å². The molecule has 2 aromatic rings. The van der Waals surface area contributed by atoms with Crippen molar-refractivity contribution in [3.05, 3.63) is 65.7 Å². The fourth-order valence-electron chi connectivity index (χ4n) is 12.8. The number of amides is 12. The number of unbranched alkanes of at least 4 members (excludes halogenated alkanes) is 3. The highest BCUT2D eigenvalue weighted by Gasteiger charge is 2.45. The molecule has 12 atom stereocenters. The molecule has 29 heteroatoms. The van der Waals surface area contributed by atoms with Crippen molar-refractivity contribution in [2.45, 2.75) is 265 Å². The maximum absolute atomic E-state index is 15.8. The summed E-state index contributed by atoms with van der Waals surface area (Å²) < 4.78 is 6.38. The number of phenols is 1. The number of aromatic carboxylic acids is 1. The lowest BCUT2D eigenvalue weighted by Gasteiger charge is -2.40. The summed E-state index contributed by atoms with van der Waals surface area (Å²) in [6.07, 6.45) is 6.41. The number of carbonyl (C=O) groups excluding carboxylic acids is 12. The van der Waals surface area contributed by atoms with E-state index < -0.39 is 161 Å². The smallest absolute Gasteiger partial charge is 0.339 e. The predicted molar refractivity (Wildman–Crippen MR) is 398 cm³/mol. The second-order valence-electron chi connectivity index (χ2n) is 27.4. The summed E-state index contributed by atoms with van der Waals surface area (Å²) in [6.45, 7) is 19.1. The zero-order valence-corrected chi connectivity index (χ0v) is 65.2. The molecule has 0 aromatic heterocycles. The van der Waals surface area contributed by atoms with Crippen molar-refractivity contribution < 1.29 is 77.3 Å². The van der Waals surface area contributed by atoms with Crippen LogP contribution in [-0.4, -0.2) is 237 Å². The Morgan fingerprint density at radius 1 is 0.533 bits per heavy atom. The minimum Gasteiger partial charge on any atom is -0.507 e. The standard InChI is InChI=1S/C76H119N13O16/c1-19-27-38-56-66(93)77-48(10)65(92)78-49(11)69(96)84(13)58(34-24-6)72(99)86(15)60(40-29-21-3)73(100)85(14)59(35-25-7)74(101)88(17)64(68(95)79-53(26-8)70(97)89(18)76(104)87(16)57(39-28-20-2)67(94)80-55(33-23-5)71(98)83(56)12)62(45-47(9)32-22-4)105-63(91)44-41-50-36-30-31-37-54(50)82-81-51-42-43-61(90)52(46-51)75(102)103/h22,30-32,36-37,42-43,46-49,53,55-60,62,64,90H,19-21,23-29,33-35,38-41,44-45H2,1-18H3,(H,77,93)(H,78,92)(H,79,95)(H,80,94)(H,102,103)/b32-22+,82-81+. The molecule has 1 fully saturated rings. The van der Waals surface area contributed by atoms with Gasteiger partial charge in [-0.1, -0.05) is 144 Å². The van der Waals surface area contributed by atoms with Gasteiger partial charge in [0.05, 0.1) is 11.4 Å². The lowest BCUT2D eigenvalue weighted by molar-refractivity contribution is -0.162. The Bertz CT molecular complexity index is 3360. The Hall–Kier alpha value is -9.31. The zero-order valence-electron chi connectivity index (χ0n) is 65.2. The normalized spacial score (nSPS) is 23.5. The Morgan fingerprint density at radius 2 is 1.02 bits per heavy atom.